The van der Waals surface area contributed by atoms with Crippen LogP contribution in [0.25, 0.3) is 0 Å². The van der Waals surface area contributed by atoms with Crippen LogP contribution in [-0.2, 0) is 15.1 Å². The van der Waals surface area contributed by atoms with E-state index in [1.807, 2.05) is 45.9 Å². The van der Waals surface area contributed by atoms with Gasteiger partial charge in [-0.25, -0.2) is 4.79 Å². The topological polar surface area (TPSA) is 49.8 Å². The minimum atomic E-state index is -1.85. The minimum Gasteiger partial charge on any atom is -0.462 e. The number of nitrogens with zero attached hydrogens (tertiary/aromatic N) is 1. The van der Waals surface area contributed by atoms with Crippen molar-refractivity contribution in [3.05, 3.63) is 69.3 Å². The first-order valence-corrected chi connectivity index (χ1v) is 10.4. The molecule has 4 nitrogen and oxygen atoms in total. The lowest BCUT2D eigenvalue weighted by molar-refractivity contribution is -0.162. The van der Waals surface area contributed by atoms with Crippen LogP contribution in [-0.4, -0.2) is 42.2 Å². The molecule has 0 fully saturated rings. The Hall–Kier alpha value is -2.17. The molecule has 4 heteroatoms. The Morgan fingerprint density at radius 3 is 1.86 bits per heavy atom. The molecule has 0 aliphatic rings. The van der Waals surface area contributed by atoms with Crippen molar-refractivity contribution in [2.75, 3.05) is 26.2 Å². The molecule has 2 aromatic carbocycles. The van der Waals surface area contributed by atoms with E-state index in [4.69, 9.17) is 4.74 Å². The van der Waals surface area contributed by atoms with Gasteiger partial charge in [0.05, 0.1) is 0 Å². The Morgan fingerprint density at radius 2 is 1.38 bits per heavy atom. The molecule has 1 unspecified atom stereocenters. The fourth-order valence-electron chi connectivity index (χ4n) is 4.00. The fraction of sp³-hybridized carbons (Fsp3) is 0.480. The van der Waals surface area contributed by atoms with Crippen LogP contribution in [0, 0.1) is 34.6 Å². The maximum Gasteiger partial charge on any atom is 0.347 e. The van der Waals surface area contributed by atoms with Gasteiger partial charge in [-0.1, -0.05) is 44.2 Å². The Kier molecular flexibility index (Phi) is 7.61. The van der Waals surface area contributed by atoms with E-state index in [9.17, 15) is 9.90 Å². The van der Waals surface area contributed by atoms with Crippen molar-refractivity contribution in [2.24, 2.45) is 0 Å². The molecule has 0 radical (unpaired) electrons. The molecule has 0 amide bonds. The van der Waals surface area contributed by atoms with Crippen LogP contribution in [0.5, 0.6) is 0 Å². The predicted molar refractivity (Wildman–Crippen MR) is 118 cm³/mol. The summed E-state index contributed by atoms with van der Waals surface area (Å²) >= 11 is 0. The molecule has 0 bridgehead atoms. The van der Waals surface area contributed by atoms with Gasteiger partial charge in [-0.15, -0.1) is 0 Å². The summed E-state index contributed by atoms with van der Waals surface area (Å²) in [6, 6.07) is 9.12. The molecule has 0 aliphatic heterocycles. The van der Waals surface area contributed by atoms with Crippen molar-refractivity contribution >= 4 is 5.97 Å². The third kappa shape index (κ3) is 4.39. The van der Waals surface area contributed by atoms with Gasteiger partial charge in [0.15, 0.2) is 0 Å². The van der Waals surface area contributed by atoms with Crippen LogP contribution in [0.15, 0.2) is 30.3 Å². The summed E-state index contributed by atoms with van der Waals surface area (Å²) in [5.74, 6) is -0.621. The standard InChI is InChI=1S/C25H35NO3/c1-8-26(9-2)15-16-29-24(27)25(28,22-13-11-10-12-14-22)23-20(6)18(4)17(3)19(5)21(23)7/h10-14,28H,8-9,15-16H2,1-7H3. The third-order valence-electron chi connectivity index (χ3n) is 6.38. The SMILES string of the molecule is CCN(CC)CCOC(=O)C(O)(c1ccccc1)c1c(C)c(C)c(C)c(C)c1C. The number of carbonyl (C=O) groups is 1. The zero-order valence-corrected chi connectivity index (χ0v) is 18.9. The van der Waals surface area contributed by atoms with Crippen molar-refractivity contribution < 1.29 is 14.6 Å². The molecular formula is C25H35NO3. The summed E-state index contributed by atoms with van der Waals surface area (Å²) in [7, 11) is 0. The third-order valence-corrected chi connectivity index (χ3v) is 6.38. The highest BCUT2D eigenvalue weighted by Gasteiger charge is 2.44. The van der Waals surface area contributed by atoms with Crippen molar-refractivity contribution in [3.63, 3.8) is 0 Å². The van der Waals surface area contributed by atoms with Crippen molar-refractivity contribution in [3.8, 4) is 0 Å². The number of rotatable bonds is 8. The number of likely N-dealkylation sites (N-methyl/N-ethyl adjacent to an activating group) is 1. The van der Waals surface area contributed by atoms with E-state index >= 15 is 0 Å². The van der Waals surface area contributed by atoms with Gasteiger partial charge < -0.3 is 14.7 Å². The van der Waals surface area contributed by atoms with Crippen molar-refractivity contribution in [1.29, 1.82) is 0 Å². The summed E-state index contributed by atoms with van der Waals surface area (Å²) in [5.41, 5.74) is 4.55. The number of esters is 1. The van der Waals surface area contributed by atoms with E-state index in [-0.39, 0.29) is 6.61 Å². The monoisotopic (exact) mass is 397 g/mol. The molecule has 0 aliphatic carbocycles. The van der Waals surface area contributed by atoms with Gasteiger partial charge in [-0.2, -0.15) is 0 Å². The number of ether oxygens (including phenoxy) is 1. The first-order valence-electron chi connectivity index (χ1n) is 10.4. The number of carbonyl (C=O) groups excluding carboxylic acids is 1. The highest BCUT2D eigenvalue weighted by atomic mass is 16.5. The van der Waals surface area contributed by atoms with Crippen molar-refractivity contribution in [1.82, 2.24) is 4.90 Å². The molecule has 0 saturated heterocycles. The largest absolute Gasteiger partial charge is 0.462 e. The quantitative estimate of drug-likeness (QED) is 0.673. The molecule has 0 aromatic heterocycles. The second kappa shape index (κ2) is 9.55. The lowest BCUT2D eigenvalue weighted by Gasteiger charge is -2.32. The van der Waals surface area contributed by atoms with Crippen molar-refractivity contribution in [2.45, 2.75) is 54.1 Å². The Labute approximate surface area is 175 Å². The normalized spacial score (nSPS) is 13.4. The average molecular weight is 398 g/mol. The maximum atomic E-state index is 13.3. The molecule has 1 atom stereocenters. The molecule has 0 spiro atoms. The number of benzene rings is 2. The highest BCUT2D eigenvalue weighted by Crippen LogP contribution is 2.39. The van der Waals surface area contributed by atoms with Gasteiger partial charge in [0.2, 0.25) is 5.60 Å². The second-order valence-corrected chi connectivity index (χ2v) is 7.74. The van der Waals surface area contributed by atoms with Gasteiger partial charge in [0, 0.05) is 12.1 Å². The van der Waals surface area contributed by atoms with Gasteiger partial charge in [0.1, 0.15) is 6.61 Å². The Morgan fingerprint density at radius 1 is 0.897 bits per heavy atom. The molecular weight excluding hydrogens is 362 g/mol. The summed E-state index contributed by atoms with van der Waals surface area (Å²) in [6.07, 6.45) is 0. The van der Waals surface area contributed by atoms with Gasteiger partial charge >= 0.3 is 5.97 Å². The molecule has 2 aromatic rings. The van der Waals surface area contributed by atoms with Crippen LogP contribution in [0.1, 0.15) is 52.8 Å². The van der Waals surface area contributed by atoms with E-state index in [0.29, 0.717) is 17.7 Å². The molecule has 0 saturated carbocycles. The summed E-state index contributed by atoms with van der Waals surface area (Å²) in [5, 5.41) is 11.9. The van der Waals surface area contributed by atoms with E-state index in [2.05, 4.69) is 25.7 Å². The van der Waals surface area contributed by atoms with Gasteiger partial charge in [-0.3, -0.25) is 0 Å². The first-order chi connectivity index (χ1) is 13.7. The van der Waals surface area contributed by atoms with E-state index in [1.54, 1.807) is 12.1 Å². The molecule has 2 rings (SSSR count). The van der Waals surface area contributed by atoms with Crippen LogP contribution >= 0.6 is 0 Å². The second-order valence-electron chi connectivity index (χ2n) is 7.74. The molecule has 158 valence electrons. The van der Waals surface area contributed by atoms with Gasteiger partial charge in [-0.05, 0) is 81.1 Å². The van der Waals surface area contributed by atoms with E-state index in [1.165, 1.54) is 5.56 Å². The maximum absolute atomic E-state index is 13.3. The highest BCUT2D eigenvalue weighted by molar-refractivity contribution is 5.87. The summed E-state index contributed by atoms with van der Waals surface area (Å²) in [4.78, 5) is 15.5. The Balaban J connectivity index is 2.56. The zero-order valence-electron chi connectivity index (χ0n) is 18.9. The molecule has 29 heavy (non-hydrogen) atoms. The number of hydrogen-bond donors (Lipinski definition) is 1. The number of hydrogen-bond acceptors (Lipinski definition) is 4. The predicted octanol–water partition coefficient (Wildman–Crippen LogP) is 4.35. The summed E-state index contributed by atoms with van der Waals surface area (Å²) in [6.45, 7) is 16.9. The molecule has 1 N–H and O–H groups in total. The number of aliphatic hydroxyl groups is 1. The van der Waals surface area contributed by atoms with Crippen LogP contribution in [0.4, 0.5) is 0 Å². The van der Waals surface area contributed by atoms with Crippen LogP contribution in [0.2, 0.25) is 0 Å². The van der Waals surface area contributed by atoms with E-state index < -0.39 is 11.6 Å². The minimum absolute atomic E-state index is 0.248. The van der Waals surface area contributed by atoms with E-state index in [0.717, 1.165) is 35.3 Å². The average Bonchev–Trinajstić information content (AvgIpc) is 2.74. The Bertz CT molecular complexity index is 827. The first kappa shape index (κ1) is 23.1. The molecule has 0 heterocycles. The lowest BCUT2D eigenvalue weighted by Crippen LogP contribution is -2.41. The van der Waals surface area contributed by atoms with Gasteiger partial charge in [0.25, 0.3) is 0 Å². The smallest absolute Gasteiger partial charge is 0.347 e. The lowest BCUT2D eigenvalue weighted by atomic mass is 9.77. The summed E-state index contributed by atoms with van der Waals surface area (Å²) < 4.78 is 5.64. The zero-order chi connectivity index (χ0) is 21.8. The van der Waals surface area contributed by atoms with Crippen LogP contribution < -0.4 is 0 Å². The fourth-order valence-corrected chi connectivity index (χ4v) is 4.00. The van der Waals surface area contributed by atoms with Crippen LogP contribution in [0.3, 0.4) is 0 Å².